The number of aryl methyl sites for hydroxylation is 1. The van der Waals surface area contributed by atoms with Crippen molar-refractivity contribution in [3.05, 3.63) is 58.9 Å². The van der Waals surface area contributed by atoms with E-state index in [4.69, 9.17) is 0 Å². The number of nitrogens with zero attached hydrogens (tertiary/aromatic N) is 2. The molecule has 0 unspecified atom stereocenters. The zero-order chi connectivity index (χ0) is 20.8. The van der Waals surface area contributed by atoms with E-state index in [9.17, 15) is 18.0 Å². The molecule has 2 atom stereocenters. The van der Waals surface area contributed by atoms with Crippen molar-refractivity contribution in [2.24, 2.45) is 0 Å². The van der Waals surface area contributed by atoms with E-state index in [2.05, 4.69) is 22.4 Å². The van der Waals surface area contributed by atoms with Crippen LogP contribution in [-0.4, -0.2) is 23.5 Å². The fourth-order valence-electron chi connectivity index (χ4n) is 4.25. The van der Waals surface area contributed by atoms with Crippen molar-refractivity contribution in [3.8, 4) is 0 Å². The normalized spacial score (nSPS) is 22.0. The number of hydrogen-bond acceptors (Lipinski definition) is 3. The third kappa shape index (κ3) is 4.09. The molecule has 1 amide bonds. The Balaban J connectivity index is 1.70. The van der Waals surface area contributed by atoms with E-state index in [1.165, 1.54) is 44.5 Å². The predicted molar refractivity (Wildman–Crippen MR) is 105 cm³/mol. The smallest absolute Gasteiger partial charge is 0.361 e. The maximum atomic E-state index is 13.4. The Morgan fingerprint density at radius 1 is 1.14 bits per heavy atom. The molecule has 4 rings (SSSR count). The Morgan fingerprint density at radius 2 is 1.79 bits per heavy atom. The fourth-order valence-corrected chi connectivity index (χ4v) is 4.25. The molecule has 7 heteroatoms. The van der Waals surface area contributed by atoms with Crippen molar-refractivity contribution in [3.63, 3.8) is 0 Å². The van der Waals surface area contributed by atoms with E-state index in [-0.39, 0.29) is 23.7 Å². The van der Waals surface area contributed by atoms with Crippen molar-refractivity contribution in [2.75, 3.05) is 11.4 Å². The lowest BCUT2D eigenvalue weighted by atomic mass is 9.97. The van der Waals surface area contributed by atoms with E-state index in [0.29, 0.717) is 24.6 Å². The van der Waals surface area contributed by atoms with Crippen molar-refractivity contribution in [2.45, 2.75) is 57.3 Å². The molecule has 29 heavy (non-hydrogen) atoms. The average molecular weight is 403 g/mol. The summed E-state index contributed by atoms with van der Waals surface area (Å²) < 4.78 is 40.2. The Hall–Kier alpha value is -2.57. The molecule has 1 aliphatic carbocycles. The summed E-state index contributed by atoms with van der Waals surface area (Å²) >= 11 is 0. The topological polar surface area (TPSA) is 45.2 Å². The van der Waals surface area contributed by atoms with Crippen LogP contribution in [0.5, 0.6) is 0 Å². The van der Waals surface area contributed by atoms with Gasteiger partial charge in [-0.3, -0.25) is 9.78 Å². The SMILES string of the molecule is CC(=O)N[C@@H]1CCN(c2cnc(C)c(C(F)(F)F)c2)[C@@H]1c1ccc(C2CC2)cc1. The summed E-state index contributed by atoms with van der Waals surface area (Å²) in [5.41, 5.74) is 1.95. The van der Waals surface area contributed by atoms with E-state index in [1.54, 1.807) is 0 Å². The molecule has 2 fully saturated rings. The second-order valence-corrected chi connectivity index (χ2v) is 8.00. The summed E-state index contributed by atoms with van der Waals surface area (Å²) in [5.74, 6) is 0.486. The van der Waals surface area contributed by atoms with Gasteiger partial charge in [0.1, 0.15) is 0 Å². The first kappa shape index (κ1) is 19.7. The number of alkyl halides is 3. The predicted octanol–water partition coefficient (Wildman–Crippen LogP) is 4.74. The first-order valence-electron chi connectivity index (χ1n) is 9.91. The molecule has 0 spiro atoms. The molecule has 1 aromatic carbocycles. The highest BCUT2D eigenvalue weighted by atomic mass is 19.4. The van der Waals surface area contributed by atoms with Crippen LogP contribution in [0.4, 0.5) is 18.9 Å². The number of pyridine rings is 1. The van der Waals surface area contributed by atoms with Gasteiger partial charge in [0, 0.05) is 19.2 Å². The Labute approximate surface area is 168 Å². The second-order valence-electron chi connectivity index (χ2n) is 8.00. The van der Waals surface area contributed by atoms with E-state index in [0.717, 1.165) is 5.56 Å². The summed E-state index contributed by atoms with van der Waals surface area (Å²) in [7, 11) is 0. The zero-order valence-electron chi connectivity index (χ0n) is 16.5. The lowest BCUT2D eigenvalue weighted by Gasteiger charge is -2.31. The molecule has 1 saturated carbocycles. The minimum Gasteiger partial charge on any atom is -0.361 e. The van der Waals surface area contributed by atoms with E-state index in [1.807, 2.05) is 17.0 Å². The van der Waals surface area contributed by atoms with Crippen LogP contribution >= 0.6 is 0 Å². The molecule has 1 saturated heterocycles. The summed E-state index contributed by atoms with van der Waals surface area (Å²) in [5, 5.41) is 2.97. The molecule has 1 aromatic heterocycles. The van der Waals surface area contributed by atoms with Gasteiger partial charge in [0.2, 0.25) is 5.91 Å². The number of carbonyl (C=O) groups is 1. The zero-order valence-corrected chi connectivity index (χ0v) is 16.5. The quantitative estimate of drug-likeness (QED) is 0.802. The fraction of sp³-hybridized carbons (Fsp3) is 0.455. The van der Waals surface area contributed by atoms with Crippen LogP contribution in [0.3, 0.4) is 0 Å². The molecular formula is C22H24F3N3O. The van der Waals surface area contributed by atoms with Crippen LogP contribution in [0.2, 0.25) is 0 Å². The maximum Gasteiger partial charge on any atom is 0.418 e. The molecule has 2 aliphatic rings. The van der Waals surface area contributed by atoms with E-state index >= 15 is 0 Å². The van der Waals surface area contributed by atoms with Crippen LogP contribution in [0.25, 0.3) is 0 Å². The number of halogens is 3. The van der Waals surface area contributed by atoms with Crippen LogP contribution in [0, 0.1) is 6.92 Å². The number of aromatic nitrogens is 1. The average Bonchev–Trinajstić information content (AvgIpc) is 3.42. The van der Waals surface area contributed by atoms with Gasteiger partial charge in [0.15, 0.2) is 0 Å². The molecule has 2 aromatic rings. The minimum atomic E-state index is -4.45. The monoisotopic (exact) mass is 403 g/mol. The van der Waals surface area contributed by atoms with Crippen LogP contribution in [-0.2, 0) is 11.0 Å². The van der Waals surface area contributed by atoms with E-state index < -0.39 is 11.7 Å². The van der Waals surface area contributed by atoms with Gasteiger partial charge >= 0.3 is 6.18 Å². The Bertz CT molecular complexity index is 907. The third-order valence-electron chi connectivity index (χ3n) is 5.82. The minimum absolute atomic E-state index is 0.0378. The Kier molecular flexibility index (Phi) is 5.00. The van der Waals surface area contributed by atoms with Crippen molar-refractivity contribution in [1.29, 1.82) is 0 Å². The highest BCUT2D eigenvalue weighted by Crippen LogP contribution is 2.42. The first-order valence-corrected chi connectivity index (χ1v) is 9.91. The third-order valence-corrected chi connectivity index (χ3v) is 5.82. The van der Waals surface area contributed by atoms with Gasteiger partial charge in [0.25, 0.3) is 0 Å². The largest absolute Gasteiger partial charge is 0.418 e. The number of anilines is 1. The molecule has 1 aliphatic heterocycles. The molecule has 4 nitrogen and oxygen atoms in total. The van der Waals surface area contributed by atoms with Crippen molar-refractivity contribution < 1.29 is 18.0 Å². The molecule has 2 heterocycles. The number of nitrogens with one attached hydrogen (secondary N) is 1. The lowest BCUT2D eigenvalue weighted by Crippen LogP contribution is -2.38. The molecule has 1 N–H and O–H groups in total. The van der Waals surface area contributed by atoms with Gasteiger partial charge in [0.05, 0.1) is 29.5 Å². The second kappa shape index (κ2) is 7.35. The molecular weight excluding hydrogens is 379 g/mol. The lowest BCUT2D eigenvalue weighted by molar-refractivity contribution is -0.138. The van der Waals surface area contributed by atoms with Gasteiger partial charge in [-0.1, -0.05) is 24.3 Å². The number of carbonyl (C=O) groups excluding carboxylic acids is 1. The summed E-state index contributed by atoms with van der Waals surface area (Å²) in [6, 6.07) is 9.04. The molecule has 0 radical (unpaired) electrons. The van der Waals surface area contributed by atoms with Gasteiger partial charge in [-0.05, 0) is 49.3 Å². The number of hydrogen-bond donors (Lipinski definition) is 1. The van der Waals surface area contributed by atoms with Gasteiger partial charge < -0.3 is 10.2 Å². The van der Waals surface area contributed by atoms with Crippen molar-refractivity contribution >= 4 is 11.6 Å². The van der Waals surface area contributed by atoms with Crippen LogP contribution < -0.4 is 10.2 Å². The molecule has 154 valence electrons. The summed E-state index contributed by atoms with van der Waals surface area (Å²) in [6.07, 6.45) is 0.110. The summed E-state index contributed by atoms with van der Waals surface area (Å²) in [6.45, 7) is 3.37. The number of amides is 1. The summed E-state index contributed by atoms with van der Waals surface area (Å²) in [4.78, 5) is 17.6. The molecule has 0 bridgehead atoms. The standard InChI is InChI=1S/C22H24F3N3O/c1-13-19(22(23,24)25)11-18(12-26-13)28-10-9-20(27-14(2)29)21(28)17-7-5-16(6-8-17)15-3-4-15/h5-8,11-12,15,20-21H,3-4,9-10H2,1-2H3,(H,27,29)/t20-,21-/m1/s1. The number of benzene rings is 1. The van der Waals surface area contributed by atoms with Gasteiger partial charge in [-0.15, -0.1) is 0 Å². The van der Waals surface area contributed by atoms with Gasteiger partial charge in [-0.2, -0.15) is 13.2 Å². The Morgan fingerprint density at radius 3 is 2.38 bits per heavy atom. The first-order chi connectivity index (χ1) is 13.7. The maximum absolute atomic E-state index is 13.4. The van der Waals surface area contributed by atoms with Crippen LogP contribution in [0.15, 0.2) is 36.5 Å². The number of rotatable bonds is 4. The van der Waals surface area contributed by atoms with Crippen LogP contribution in [0.1, 0.15) is 60.5 Å². The van der Waals surface area contributed by atoms with Crippen molar-refractivity contribution in [1.82, 2.24) is 10.3 Å². The highest BCUT2D eigenvalue weighted by Gasteiger charge is 2.39. The van der Waals surface area contributed by atoms with Gasteiger partial charge in [-0.25, -0.2) is 0 Å². The highest BCUT2D eigenvalue weighted by molar-refractivity contribution is 5.73.